The van der Waals surface area contributed by atoms with Crippen molar-refractivity contribution in [1.82, 2.24) is 14.5 Å². The number of aromatic hydroxyl groups is 1. The molecule has 0 aliphatic carbocycles. The topological polar surface area (TPSA) is 110 Å². The highest BCUT2D eigenvalue weighted by atomic mass is 32.2. The molecular formula is C11H14N4O3S. The molecule has 0 unspecified atom stereocenters. The van der Waals surface area contributed by atoms with Gasteiger partial charge in [0.15, 0.2) is 0 Å². The van der Waals surface area contributed by atoms with Gasteiger partial charge in [-0.1, -0.05) is 0 Å². The molecule has 19 heavy (non-hydrogen) atoms. The first-order chi connectivity index (χ1) is 8.88. The molecule has 2 aromatic rings. The van der Waals surface area contributed by atoms with Gasteiger partial charge in [0.2, 0.25) is 10.0 Å². The standard InChI is InChI=1S/C11H14N4O3S/c1-15-7-10(6-13-15)19(17,18)14-5-8-4-9(12)2-3-11(8)16/h2-4,6-7,14,16H,5,12H2,1H3. The van der Waals surface area contributed by atoms with Crippen LogP contribution in [0.15, 0.2) is 35.5 Å². The molecule has 0 aliphatic rings. The molecule has 0 saturated carbocycles. The first kappa shape index (κ1) is 13.4. The normalized spacial score (nSPS) is 11.6. The van der Waals surface area contributed by atoms with Gasteiger partial charge in [-0.05, 0) is 18.2 Å². The number of hydrogen-bond donors (Lipinski definition) is 3. The van der Waals surface area contributed by atoms with Crippen LogP contribution < -0.4 is 10.5 Å². The van der Waals surface area contributed by atoms with Gasteiger partial charge in [0.1, 0.15) is 10.6 Å². The quantitative estimate of drug-likeness (QED) is 0.547. The fourth-order valence-electron chi connectivity index (χ4n) is 1.54. The molecule has 7 nitrogen and oxygen atoms in total. The Morgan fingerprint density at radius 1 is 1.47 bits per heavy atom. The molecular weight excluding hydrogens is 268 g/mol. The van der Waals surface area contributed by atoms with Crippen molar-refractivity contribution >= 4 is 15.7 Å². The molecule has 4 N–H and O–H groups in total. The monoisotopic (exact) mass is 282 g/mol. The van der Waals surface area contributed by atoms with Crippen molar-refractivity contribution in [2.75, 3.05) is 5.73 Å². The van der Waals surface area contributed by atoms with Gasteiger partial charge < -0.3 is 10.8 Å². The van der Waals surface area contributed by atoms with Crippen LogP contribution in [0.3, 0.4) is 0 Å². The molecule has 1 aromatic heterocycles. The number of phenolic OH excluding ortho intramolecular Hbond substituents is 1. The summed E-state index contributed by atoms with van der Waals surface area (Å²) in [6.07, 6.45) is 2.64. The Labute approximate surface area is 110 Å². The van der Waals surface area contributed by atoms with E-state index in [4.69, 9.17) is 5.73 Å². The van der Waals surface area contributed by atoms with E-state index in [0.717, 1.165) is 0 Å². The van der Waals surface area contributed by atoms with E-state index >= 15 is 0 Å². The van der Waals surface area contributed by atoms with Gasteiger partial charge in [0, 0.05) is 31.0 Å². The van der Waals surface area contributed by atoms with E-state index < -0.39 is 10.0 Å². The third kappa shape index (κ3) is 3.04. The lowest BCUT2D eigenvalue weighted by Gasteiger charge is -2.07. The van der Waals surface area contributed by atoms with Crippen LogP contribution >= 0.6 is 0 Å². The highest BCUT2D eigenvalue weighted by Crippen LogP contribution is 2.20. The maximum absolute atomic E-state index is 11.9. The van der Waals surface area contributed by atoms with Crippen molar-refractivity contribution in [1.29, 1.82) is 0 Å². The average molecular weight is 282 g/mol. The Kier molecular flexibility index (Phi) is 3.45. The lowest BCUT2D eigenvalue weighted by molar-refractivity contribution is 0.467. The Morgan fingerprint density at radius 2 is 2.21 bits per heavy atom. The molecule has 0 aliphatic heterocycles. The maximum Gasteiger partial charge on any atom is 0.243 e. The van der Waals surface area contributed by atoms with Crippen LogP contribution in [0.1, 0.15) is 5.56 Å². The number of benzene rings is 1. The van der Waals surface area contributed by atoms with E-state index in [0.29, 0.717) is 11.3 Å². The number of hydrogen-bond acceptors (Lipinski definition) is 5. The van der Waals surface area contributed by atoms with E-state index in [1.165, 1.54) is 35.3 Å². The Hall–Kier alpha value is -2.06. The van der Waals surface area contributed by atoms with Crippen LogP contribution in [-0.4, -0.2) is 23.3 Å². The zero-order chi connectivity index (χ0) is 14.0. The van der Waals surface area contributed by atoms with Crippen molar-refractivity contribution in [2.45, 2.75) is 11.4 Å². The van der Waals surface area contributed by atoms with Crippen molar-refractivity contribution in [3.63, 3.8) is 0 Å². The molecule has 0 radical (unpaired) electrons. The van der Waals surface area contributed by atoms with Crippen molar-refractivity contribution in [3.8, 4) is 5.75 Å². The summed E-state index contributed by atoms with van der Waals surface area (Å²) in [7, 11) is -2.02. The van der Waals surface area contributed by atoms with Gasteiger partial charge in [0.25, 0.3) is 0 Å². The van der Waals surface area contributed by atoms with Crippen molar-refractivity contribution < 1.29 is 13.5 Å². The van der Waals surface area contributed by atoms with Crippen LogP contribution in [0, 0.1) is 0 Å². The number of nitrogens with one attached hydrogen (secondary N) is 1. The zero-order valence-corrected chi connectivity index (χ0v) is 11.1. The number of sulfonamides is 1. The van der Waals surface area contributed by atoms with Crippen molar-refractivity contribution in [2.24, 2.45) is 7.05 Å². The molecule has 1 heterocycles. The smallest absolute Gasteiger partial charge is 0.243 e. The van der Waals surface area contributed by atoms with Crippen LogP contribution in [0.4, 0.5) is 5.69 Å². The number of phenols is 1. The highest BCUT2D eigenvalue weighted by Gasteiger charge is 2.16. The predicted octanol–water partition coefficient (Wildman–Crippen LogP) is 0.186. The Morgan fingerprint density at radius 3 is 2.84 bits per heavy atom. The van der Waals surface area contributed by atoms with Gasteiger partial charge in [-0.15, -0.1) is 0 Å². The Balaban J connectivity index is 2.16. The highest BCUT2D eigenvalue weighted by molar-refractivity contribution is 7.89. The minimum Gasteiger partial charge on any atom is -0.508 e. The molecule has 0 amide bonds. The number of nitrogens with zero attached hydrogens (tertiary/aromatic N) is 2. The maximum atomic E-state index is 11.9. The third-order valence-electron chi connectivity index (χ3n) is 2.55. The van der Waals surface area contributed by atoms with E-state index in [2.05, 4.69) is 9.82 Å². The van der Waals surface area contributed by atoms with Crippen molar-refractivity contribution in [3.05, 3.63) is 36.2 Å². The minimum absolute atomic E-state index is 0.0110. The molecule has 8 heteroatoms. The summed E-state index contributed by atoms with van der Waals surface area (Å²) in [5.74, 6) is -0.0110. The number of anilines is 1. The zero-order valence-electron chi connectivity index (χ0n) is 10.2. The molecule has 0 atom stereocenters. The van der Waals surface area contributed by atoms with Gasteiger partial charge >= 0.3 is 0 Å². The summed E-state index contributed by atoms with van der Waals surface area (Å²) in [6, 6.07) is 4.47. The van der Waals surface area contributed by atoms with E-state index in [1.54, 1.807) is 7.05 Å². The summed E-state index contributed by atoms with van der Waals surface area (Å²) >= 11 is 0. The van der Waals surface area contributed by atoms with Gasteiger partial charge in [-0.3, -0.25) is 4.68 Å². The largest absolute Gasteiger partial charge is 0.508 e. The summed E-state index contributed by atoms with van der Waals surface area (Å²) in [5, 5.41) is 13.4. The van der Waals surface area contributed by atoms with Crippen LogP contribution in [0.5, 0.6) is 5.75 Å². The molecule has 2 rings (SSSR count). The first-order valence-electron chi connectivity index (χ1n) is 5.44. The Bertz CT molecular complexity index is 694. The number of nitrogen functional groups attached to an aromatic ring is 1. The van der Waals surface area contributed by atoms with Gasteiger partial charge in [0.05, 0.1) is 6.20 Å². The third-order valence-corrected chi connectivity index (χ3v) is 3.90. The van der Waals surface area contributed by atoms with E-state index in [-0.39, 0.29) is 17.2 Å². The van der Waals surface area contributed by atoms with Crippen LogP contribution in [0.25, 0.3) is 0 Å². The molecule has 0 saturated heterocycles. The van der Waals surface area contributed by atoms with Crippen LogP contribution in [0.2, 0.25) is 0 Å². The SMILES string of the molecule is Cn1cc(S(=O)(=O)NCc2cc(N)ccc2O)cn1. The average Bonchev–Trinajstić information content (AvgIpc) is 2.78. The molecule has 1 aromatic carbocycles. The van der Waals surface area contributed by atoms with E-state index in [1.807, 2.05) is 0 Å². The van der Waals surface area contributed by atoms with E-state index in [9.17, 15) is 13.5 Å². The molecule has 102 valence electrons. The number of rotatable bonds is 4. The molecule has 0 fully saturated rings. The fraction of sp³-hybridized carbons (Fsp3) is 0.182. The lowest BCUT2D eigenvalue weighted by atomic mass is 10.2. The fourth-order valence-corrected chi connectivity index (χ4v) is 2.53. The summed E-state index contributed by atoms with van der Waals surface area (Å²) in [6.45, 7) is -0.0475. The number of aromatic nitrogens is 2. The second-order valence-electron chi connectivity index (χ2n) is 4.06. The summed E-state index contributed by atoms with van der Waals surface area (Å²) < 4.78 is 27.6. The second-order valence-corrected chi connectivity index (χ2v) is 5.83. The predicted molar refractivity (Wildman–Crippen MR) is 69.8 cm³/mol. The van der Waals surface area contributed by atoms with Gasteiger partial charge in [-0.2, -0.15) is 5.10 Å². The summed E-state index contributed by atoms with van der Waals surface area (Å²) in [4.78, 5) is 0.0680. The first-order valence-corrected chi connectivity index (χ1v) is 6.92. The minimum atomic E-state index is -3.65. The van der Waals surface area contributed by atoms with Crippen LogP contribution in [-0.2, 0) is 23.6 Å². The van der Waals surface area contributed by atoms with Gasteiger partial charge in [-0.25, -0.2) is 13.1 Å². The molecule has 0 bridgehead atoms. The lowest BCUT2D eigenvalue weighted by Crippen LogP contribution is -2.23. The molecule has 0 spiro atoms. The second kappa shape index (κ2) is 4.90. The number of nitrogens with two attached hydrogens (primary N) is 1. The summed E-state index contributed by atoms with van der Waals surface area (Å²) in [5.41, 5.74) is 6.44. The number of aryl methyl sites for hydroxylation is 1.